The normalized spacial score (nSPS) is 10.6. The van der Waals surface area contributed by atoms with Gasteiger partial charge in [0.05, 0.1) is 61.0 Å². The first-order chi connectivity index (χ1) is 23.7. The Morgan fingerprint density at radius 2 is 1.24 bits per heavy atom. The van der Waals surface area contributed by atoms with Gasteiger partial charge in [0, 0.05) is 18.5 Å². The highest BCUT2D eigenvalue weighted by molar-refractivity contribution is 5.95. The molecule has 2 N–H and O–H groups in total. The summed E-state index contributed by atoms with van der Waals surface area (Å²) in [6.45, 7) is 2.56. The molecular weight excluding hydrogens is 638 g/mol. The molecule has 0 saturated heterocycles. The average Bonchev–Trinajstić information content (AvgIpc) is 3.12. The van der Waals surface area contributed by atoms with Gasteiger partial charge < -0.3 is 43.2 Å². The van der Waals surface area contributed by atoms with Crippen LogP contribution in [0.5, 0.6) is 46.0 Å². The fraction of sp³-hybridized carbons (Fsp3) is 0.371. The Morgan fingerprint density at radius 1 is 0.673 bits per heavy atom. The highest BCUT2D eigenvalue weighted by Crippen LogP contribution is 2.39. The van der Waals surface area contributed by atoms with Gasteiger partial charge in [-0.2, -0.15) is 5.10 Å². The zero-order chi connectivity index (χ0) is 35.8. The van der Waals surface area contributed by atoms with Crippen LogP contribution in [0.15, 0.2) is 47.6 Å². The highest BCUT2D eigenvalue weighted by Gasteiger charge is 2.20. The molecule has 0 radical (unpaired) electrons. The number of hydrazone groups is 1. The van der Waals surface area contributed by atoms with Crippen LogP contribution in [0.4, 0.5) is 0 Å². The number of nitrogens with one attached hydrogen (secondary N) is 2. The third kappa shape index (κ3) is 10.4. The van der Waals surface area contributed by atoms with Crippen molar-refractivity contribution in [2.24, 2.45) is 5.10 Å². The monoisotopic (exact) mass is 681 g/mol. The van der Waals surface area contributed by atoms with E-state index in [0.717, 1.165) is 6.42 Å². The molecule has 0 aliphatic carbocycles. The van der Waals surface area contributed by atoms with Crippen LogP contribution < -0.4 is 48.6 Å². The zero-order valence-electron chi connectivity index (χ0n) is 28.8. The summed E-state index contributed by atoms with van der Waals surface area (Å²) in [7, 11) is 8.84. The second-order valence-electron chi connectivity index (χ2n) is 10.2. The fourth-order valence-electron chi connectivity index (χ4n) is 4.65. The minimum Gasteiger partial charge on any atom is -0.493 e. The van der Waals surface area contributed by atoms with Crippen molar-refractivity contribution in [1.29, 1.82) is 0 Å². The van der Waals surface area contributed by atoms with Crippen LogP contribution in [-0.4, -0.2) is 79.8 Å². The lowest BCUT2D eigenvalue weighted by molar-refractivity contribution is -0.121. The molecule has 3 aromatic rings. The number of unbranched alkanes of at least 4 members (excludes halogenated alkanes) is 2. The van der Waals surface area contributed by atoms with Gasteiger partial charge >= 0.3 is 5.97 Å². The maximum absolute atomic E-state index is 13.0. The second-order valence-corrected chi connectivity index (χ2v) is 10.2. The van der Waals surface area contributed by atoms with Crippen LogP contribution in [0, 0.1) is 0 Å². The minimum absolute atomic E-state index is 0.186. The van der Waals surface area contributed by atoms with Crippen molar-refractivity contribution in [3.8, 4) is 46.0 Å². The number of carbonyl (C=O) groups is 3. The van der Waals surface area contributed by atoms with Gasteiger partial charge in [0.15, 0.2) is 34.5 Å². The predicted molar refractivity (Wildman–Crippen MR) is 181 cm³/mol. The number of hydrogen-bond acceptors (Lipinski definition) is 12. The molecule has 0 spiro atoms. The van der Waals surface area contributed by atoms with Gasteiger partial charge in [-0.1, -0.05) is 6.42 Å². The van der Waals surface area contributed by atoms with Crippen LogP contribution >= 0.6 is 0 Å². The van der Waals surface area contributed by atoms with Crippen molar-refractivity contribution in [3.05, 3.63) is 59.2 Å². The third-order valence-corrected chi connectivity index (χ3v) is 7.07. The maximum atomic E-state index is 13.0. The average molecular weight is 682 g/mol. The summed E-state index contributed by atoms with van der Waals surface area (Å²) >= 11 is 0. The number of hydrogen-bond donors (Lipinski definition) is 2. The number of ether oxygens (including phenoxy) is 8. The van der Waals surface area contributed by atoms with Crippen molar-refractivity contribution >= 4 is 24.0 Å². The van der Waals surface area contributed by atoms with Gasteiger partial charge in [0.2, 0.25) is 17.4 Å². The molecule has 0 bridgehead atoms. The van der Waals surface area contributed by atoms with Gasteiger partial charge in [-0.25, -0.2) is 10.2 Å². The lowest BCUT2D eigenvalue weighted by Gasteiger charge is -2.15. The molecule has 0 aliphatic rings. The Morgan fingerprint density at radius 3 is 1.78 bits per heavy atom. The van der Waals surface area contributed by atoms with E-state index in [0.29, 0.717) is 77.4 Å². The predicted octanol–water partition coefficient (Wildman–Crippen LogP) is 4.80. The largest absolute Gasteiger partial charge is 0.493 e. The molecule has 2 amide bonds. The van der Waals surface area contributed by atoms with Crippen LogP contribution in [0.3, 0.4) is 0 Å². The molecule has 14 nitrogen and oxygen atoms in total. The van der Waals surface area contributed by atoms with E-state index >= 15 is 0 Å². The van der Waals surface area contributed by atoms with Crippen molar-refractivity contribution in [2.75, 3.05) is 55.8 Å². The van der Waals surface area contributed by atoms with Gasteiger partial charge in [0.25, 0.3) is 5.91 Å². The van der Waals surface area contributed by atoms with Crippen molar-refractivity contribution in [1.82, 2.24) is 10.7 Å². The van der Waals surface area contributed by atoms with Crippen LogP contribution in [0.1, 0.15) is 58.9 Å². The first-order valence-electron chi connectivity index (χ1n) is 15.4. The number of methoxy groups -OCH3 is 6. The zero-order valence-corrected chi connectivity index (χ0v) is 28.8. The SMILES string of the molecule is CCOc1cc(C=NNC(=O)CCCCCNC(=O)c2cc(OC)c(OC)c(OC)c2)ccc1OC(=O)c1cc(OC)c(OC)c(OC)c1. The lowest BCUT2D eigenvalue weighted by atomic mass is 10.1. The van der Waals surface area contributed by atoms with E-state index in [1.165, 1.54) is 61.0 Å². The Balaban J connectivity index is 1.47. The Kier molecular flexibility index (Phi) is 14.8. The molecule has 0 saturated carbocycles. The molecular formula is C35H43N3O11. The molecule has 0 aromatic heterocycles. The standard InChI is InChI=1S/C35H43N3O11/c1-8-48-26-16-22(13-14-25(26)49-35(41)24-19-29(44-4)33(47-7)30(20-24)45-5)21-37-38-31(39)12-10-9-11-15-36-34(40)23-17-27(42-2)32(46-6)28(18-23)43-3/h13-14,16-21H,8-12,15H2,1-7H3,(H,36,40)(H,38,39). The number of carbonyl (C=O) groups excluding carboxylic acids is 3. The minimum atomic E-state index is -0.658. The lowest BCUT2D eigenvalue weighted by Crippen LogP contribution is -2.24. The van der Waals surface area contributed by atoms with E-state index in [4.69, 9.17) is 37.9 Å². The first-order valence-corrected chi connectivity index (χ1v) is 15.4. The van der Waals surface area contributed by atoms with Crippen LogP contribution in [0.2, 0.25) is 0 Å². The number of esters is 1. The number of benzene rings is 3. The fourth-order valence-corrected chi connectivity index (χ4v) is 4.65. The molecule has 0 aliphatic heterocycles. The quantitative estimate of drug-likeness (QED) is 0.0588. The van der Waals surface area contributed by atoms with Crippen molar-refractivity contribution in [3.63, 3.8) is 0 Å². The number of rotatable bonds is 19. The molecule has 0 atom stereocenters. The van der Waals surface area contributed by atoms with E-state index in [2.05, 4.69) is 15.8 Å². The van der Waals surface area contributed by atoms with E-state index in [9.17, 15) is 14.4 Å². The van der Waals surface area contributed by atoms with Crippen LogP contribution in [0.25, 0.3) is 0 Å². The number of amides is 2. The maximum Gasteiger partial charge on any atom is 0.343 e. The third-order valence-electron chi connectivity index (χ3n) is 7.07. The molecule has 14 heteroatoms. The molecule has 3 rings (SSSR count). The van der Waals surface area contributed by atoms with Crippen molar-refractivity contribution in [2.45, 2.75) is 32.6 Å². The summed E-state index contributed by atoms with van der Waals surface area (Å²) in [5.41, 5.74) is 3.69. The molecule has 49 heavy (non-hydrogen) atoms. The van der Waals surface area contributed by atoms with E-state index in [-0.39, 0.29) is 29.5 Å². The van der Waals surface area contributed by atoms with Gasteiger partial charge in [0.1, 0.15) is 0 Å². The molecule has 264 valence electrons. The molecule has 0 unspecified atom stereocenters. The summed E-state index contributed by atoms with van der Waals surface area (Å²) < 4.78 is 43.2. The Hall–Kier alpha value is -5.66. The summed E-state index contributed by atoms with van der Waals surface area (Å²) in [6.07, 6.45) is 3.74. The van der Waals surface area contributed by atoms with E-state index in [1.807, 2.05) is 0 Å². The summed E-state index contributed by atoms with van der Waals surface area (Å²) in [6, 6.07) is 11.0. The van der Waals surface area contributed by atoms with Gasteiger partial charge in [-0.15, -0.1) is 0 Å². The van der Waals surface area contributed by atoms with E-state index < -0.39 is 5.97 Å². The van der Waals surface area contributed by atoms with Gasteiger partial charge in [-0.05, 0) is 67.8 Å². The van der Waals surface area contributed by atoms with E-state index in [1.54, 1.807) is 37.3 Å². The second kappa shape index (κ2) is 19.2. The van der Waals surface area contributed by atoms with Crippen molar-refractivity contribution < 1.29 is 52.3 Å². The molecule has 0 fully saturated rings. The summed E-state index contributed by atoms with van der Waals surface area (Å²) in [5, 5.41) is 6.90. The Bertz CT molecular complexity index is 1570. The van der Waals surface area contributed by atoms with Crippen LogP contribution in [-0.2, 0) is 4.79 Å². The smallest absolute Gasteiger partial charge is 0.343 e. The topological polar surface area (TPSA) is 161 Å². The van der Waals surface area contributed by atoms with Gasteiger partial charge in [-0.3, -0.25) is 9.59 Å². The first kappa shape index (κ1) is 37.8. The highest BCUT2D eigenvalue weighted by atomic mass is 16.6. The Labute approximate surface area is 285 Å². The molecule has 3 aromatic carbocycles. The summed E-state index contributed by atoms with van der Waals surface area (Å²) in [4.78, 5) is 37.9. The molecule has 0 heterocycles. The number of nitrogens with zero attached hydrogens (tertiary/aromatic N) is 1. The summed E-state index contributed by atoms with van der Waals surface area (Å²) in [5.74, 6) is 1.49.